The Bertz CT molecular complexity index is 636. The number of amides is 1. The summed E-state index contributed by atoms with van der Waals surface area (Å²) in [5.41, 5.74) is 2.32. The van der Waals surface area contributed by atoms with Gasteiger partial charge < -0.3 is 4.74 Å². The van der Waals surface area contributed by atoms with Gasteiger partial charge in [0.1, 0.15) is 0 Å². The molecular formula is C20H25NO2Si. The Balaban J connectivity index is 1.73. The Labute approximate surface area is 145 Å². The van der Waals surface area contributed by atoms with Gasteiger partial charge in [0, 0.05) is 8.07 Å². The van der Waals surface area contributed by atoms with Crippen molar-refractivity contribution in [1.29, 1.82) is 0 Å². The lowest BCUT2D eigenvalue weighted by atomic mass is 10.0. The van der Waals surface area contributed by atoms with Crippen LogP contribution in [0.2, 0.25) is 25.7 Å². The highest BCUT2D eigenvalue weighted by atomic mass is 28.3. The zero-order chi connectivity index (χ0) is 17.2. The molecule has 1 heterocycles. The summed E-state index contributed by atoms with van der Waals surface area (Å²) >= 11 is 0. The highest BCUT2D eigenvalue weighted by Crippen LogP contribution is 2.54. The largest absolute Gasteiger partial charge is 0.450 e. The molecule has 0 radical (unpaired) electrons. The molecule has 0 aliphatic carbocycles. The molecule has 0 aromatic heterocycles. The van der Waals surface area contributed by atoms with Crippen LogP contribution in [0.15, 0.2) is 60.7 Å². The summed E-state index contributed by atoms with van der Waals surface area (Å²) in [7, 11) is -1.20. The quantitative estimate of drug-likeness (QED) is 0.549. The van der Waals surface area contributed by atoms with Crippen LogP contribution < -0.4 is 0 Å². The maximum absolute atomic E-state index is 12.6. The van der Waals surface area contributed by atoms with Crippen LogP contribution in [0.4, 0.5) is 4.79 Å². The topological polar surface area (TPSA) is 29.3 Å². The normalized spacial score (nSPS) is 19.9. The Morgan fingerprint density at radius 1 is 0.917 bits per heavy atom. The van der Waals surface area contributed by atoms with E-state index in [1.165, 1.54) is 0 Å². The highest BCUT2D eigenvalue weighted by Gasteiger charge is 2.53. The molecule has 2 unspecified atom stereocenters. The fourth-order valence-electron chi connectivity index (χ4n) is 2.96. The van der Waals surface area contributed by atoms with Crippen molar-refractivity contribution >= 4 is 14.2 Å². The van der Waals surface area contributed by atoms with Crippen molar-refractivity contribution < 1.29 is 9.53 Å². The van der Waals surface area contributed by atoms with E-state index in [1.54, 1.807) is 0 Å². The van der Waals surface area contributed by atoms with Gasteiger partial charge in [-0.3, -0.25) is 4.90 Å². The van der Waals surface area contributed by atoms with Crippen LogP contribution in [0.1, 0.15) is 23.2 Å². The number of ether oxygens (including phenoxy) is 1. The molecule has 126 valence electrons. The Morgan fingerprint density at radius 3 is 1.79 bits per heavy atom. The number of rotatable bonds is 5. The maximum Gasteiger partial charge on any atom is 0.410 e. The van der Waals surface area contributed by atoms with Gasteiger partial charge in [0.25, 0.3) is 0 Å². The van der Waals surface area contributed by atoms with E-state index in [9.17, 15) is 4.79 Å². The average Bonchev–Trinajstić information content (AvgIpc) is 3.31. The van der Waals surface area contributed by atoms with Crippen LogP contribution in [0, 0.1) is 0 Å². The molecule has 1 saturated heterocycles. The Morgan fingerprint density at radius 2 is 1.38 bits per heavy atom. The fourth-order valence-corrected chi connectivity index (χ4v) is 3.68. The first kappa shape index (κ1) is 16.8. The average molecular weight is 340 g/mol. The van der Waals surface area contributed by atoms with Crippen molar-refractivity contribution in [3.8, 4) is 0 Å². The van der Waals surface area contributed by atoms with Crippen molar-refractivity contribution in [1.82, 2.24) is 4.90 Å². The standard InChI is InChI=1S/C20H25NO2Si/c1-24(2,3)15-14-23-20(22)21-18(16-10-6-4-7-11-16)19(21)17-12-8-5-9-13-17/h4-13,18-19H,14-15H2,1-3H3. The van der Waals surface area contributed by atoms with E-state index < -0.39 is 8.07 Å². The number of carbonyl (C=O) groups is 1. The van der Waals surface area contributed by atoms with Crippen molar-refractivity contribution in [3.63, 3.8) is 0 Å². The van der Waals surface area contributed by atoms with Crippen LogP contribution in [0.25, 0.3) is 0 Å². The summed E-state index contributed by atoms with van der Waals surface area (Å²) < 4.78 is 5.57. The van der Waals surface area contributed by atoms with Gasteiger partial charge in [-0.2, -0.15) is 0 Å². The molecule has 2 aromatic rings. The van der Waals surface area contributed by atoms with Crippen LogP contribution in [0.3, 0.4) is 0 Å². The van der Waals surface area contributed by atoms with Crippen LogP contribution in [-0.2, 0) is 4.74 Å². The van der Waals surface area contributed by atoms with Gasteiger partial charge in [0.15, 0.2) is 0 Å². The molecule has 1 fully saturated rings. The second-order valence-corrected chi connectivity index (χ2v) is 13.2. The highest BCUT2D eigenvalue weighted by molar-refractivity contribution is 6.76. The minimum Gasteiger partial charge on any atom is -0.450 e. The zero-order valence-electron chi connectivity index (χ0n) is 14.6. The lowest BCUT2D eigenvalue weighted by Gasteiger charge is -2.15. The van der Waals surface area contributed by atoms with Gasteiger partial charge in [0.2, 0.25) is 0 Å². The molecule has 0 spiro atoms. The first-order chi connectivity index (χ1) is 11.5. The molecule has 2 atom stereocenters. The molecule has 3 nitrogen and oxygen atoms in total. The van der Waals surface area contributed by atoms with Gasteiger partial charge in [-0.05, 0) is 17.2 Å². The number of carbonyl (C=O) groups excluding carboxylic acids is 1. The monoisotopic (exact) mass is 339 g/mol. The van der Waals surface area contributed by atoms with E-state index in [1.807, 2.05) is 41.3 Å². The molecular weight excluding hydrogens is 314 g/mol. The lowest BCUT2D eigenvalue weighted by molar-refractivity contribution is 0.132. The Kier molecular flexibility index (Phi) is 4.76. The molecule has 0 bridgehead atoms. The smallest absolute Gasteiger partial charge is 0.410 e. The SMILES string of the molecule is C[Si](C)(C)CCOC(=O)N1C(c2ccccc2)C1c1ccccc1. The molecule has 0 saturated carbocycles. The predicted molar refractivity (Wildman–Crippen MR) is 99.7 cm³/mol. The van der Waals surface area contributed by atoms with E-state index in [0.717, 1.165) is 17.2 Å². The van der Waals surface area contributed by atoms with E-state index >= 15 is 0 Å². The van der Waals surface area contributed by atoms with Gasteiger partial charge in [-0.15, -0.1) is 0 Å². The third kappa shape index (κ3) is 3.87. The number of hydrogen-bond donors (Lipinski definition) is 0. The molecule has 24 heavy (non-hydrogen) atoms. The molecule has 4 heteroatoms. The van der Waals surface area contributed by atoms with Gasteiger partial charge in [0.05, 0.1) is 18.7 Å². The summed E-state index contributed by atoms with van der Waals surface area (Å²) in [6.45, 7) is 7.39. The summed E-state index contributed by atoms with van der Waals surface area (Å²) in [6.07, 6.45) is -0.198. The third-order valence-corrected chi connectivity index (χ3v) is 6.08. The second-order valence-electron chi connectivity index (χ2n) is 7.54. The van der Waals surface area contributed by atoms with E-state index in [0.29, 0.717) is 6.61 Å². The van der Waals surface area contributed by atoms with E-state index in [2.05, 4.69) is 43.9 Å². The molecule has 0 N–H and O–H groups in total. The van der Waals surface area contributed by atoms with Crippen LogP contribution >= 0.6 is 0 Å². The van der Waals surface area contributed by atoms with Crippen LogP contribution in [0.5, 0.6) is 0 Å². The summed E-state index contributed by atoms with van der Waals surface area (Å²) in [6, 6.07) is 21.5. The van der Waals surface area contributed by atoms with Gasteiger partial charge >= 0.3 is 6.09 Å². The molecule has 1 aliphatic rings. The molecule has 1 amide bonds. The van der Waals surface area contributed by atoms with Crippen molar-refractivity contribution in [2.45, 2.75) is 37.8 Å². The van der Waals surface area contributed by atoms with E-state index in [-0.39, 0.29) is 18.2 Å². The molecule has 2 aromatic carbocycles. The van der Waals surface area contributed by atoms with Crippen molar-refractivity contribution in [3.05, 3.63) is 71.8 Å². The van der Waals surface area contributed by atoms with Gasteiger partial charge in [-0.25, -0.2) is 4.79 Å². The molecule has 1 aliphatic heterocycles. The first-order valence-corrected chi connectivity index (χ1v) is 12.2. The maximum atomic E-state index is 12.6. The second kappa shape index (κ2) is 6.81. The number of benzene rings is 2. The summed E-state index contributed by atoms with van der Waals surface area (Å²) in [5.74, 6) is 0. The van der Waals surface area contributed by atoms with Crippen molar-refractivity contribution in [2.24, 2.45) is 0 Å². The zero-order valence-corrected chi connectivity index (χ0v) is 15.6. The third-order valence-electron chi connectivity index (χ3n) is 4.38. The molecule has 3 rings (SSSR count). The fraction of sp³-hybridized carbons (Fsp3) is 0.350. The minimum atomic E-state index is -1.20. The van der Waals surface area contributed by atoms with Crippen molar-refractivity contribution in [2.75, 3.05) is 6.61 Å². The lowest BCUT2D eigenvalue weighted by Crippen LogP contribution is -2.24. The summed E-state index contributed by atoms with van der Waals surface area (Å²) in [5, 5.41) is 0. The Hall–Kier alpha value is -2.07. The number of nitrogens with zero attached hydrogens (tertiary/aromatic N) is 1. The minimum absolute atomic E-state index is 0.0768. The predicted octanol–water partition coefficient (Wildman–Crippen LogP) is 5.26. The summed E-state index contributed by atoms with van der Waals surface area (Å²) in [4.78, 5) is 14.4. The number of hydrogen-bond acceptors (Lipinski definition) is 2. The van der Waals surface area contributed by atoms with Crippen LogP contribution in [-0.4, -0.2) is 25.7 Å². The van der Waals surface area contributed by atoms with E-state index in [4.69, 9.17) is 4.74 Å². The first-order valence-electron chi connectivity index (χ1n) is 8.52. The van der Waals surface area contributed by atoms with Gasteiger partial charge in [-0.1, -0.05) is 80.3 Å².